The van der Waals surface area contributed by atoms with Gasteiger partial charge in [-0.05, 0) is 39.7 Å². The van der Waals surface area contributed by atoms with Crippen molar-refractivity contribution in [3.05, 3.63) is 0 Å². The summed E-state index contributed by atoms with van der Waals surface area (Å²) in [6.45, 7) is 7.02. The van der Waals surface area contributed by atoms with Gasteiger partial charge in [0.2, 0.25) is 11.8 Å². The summed E-state index contributed by atoms with van der Waals surface area (Å²) in [4.78, 5) is 23.7. The number of hydrogen-bond acceptors (Lipinski definition) is 3. The lowest BCUT2D eigenvalue weighted by Crippen LogP contribution is -2.57. The van der Waals surface area contributed by atoms with Gasteiger partial charge < -0.3 is 16.0 Å². The van der Waals surface area contributed by atoms with Crippen LogP contribution in [0.5, 0.6) is 0 Å². The SMILES string of the molecule is CCNC(C)(C)C(=O)NC1CCCCNC1=O. The Kier molecular flexibility index (Phi) is 4.93. The predicted octanol–water partition coefficient (Wildman–Crippen LogP) is 0.159. The van der Waals surface area contributed by atoms with E-state index in [2.05, 4.69) is 16.0 Å². The summed E-state index contributed by atoms with van der Waals surface area (Å²) < 4.78 is 0. The molecule has 1 saturated heterocycles. The van der Waals surface area contributed by atoms with Gasteiger partial charge in [-0.25, -0.2) is 0 Å². The van der Waals surface area contributed by atoms with Crippen molar-refractivity contribution in [2.75, 3.05) is 13.1 Å². The second-order valence-corrected chi connectivity index (χ2v) is 4.97. The van der Waals surface area contributed by atoms with Crippen LogP contribution in [0.1, 0.15) is 40.0 Å². The van der Waals surface area contributed by atoms with Gasteiger partial charge in [-0.3, -0.25) is 9.59 Å². The molecule has 0 spiro atoms. The lowest BCUT2D eigenvalue weighted by Gasteiger charge is -2.27. The lowest BCUT2D eigenvalue weighted by molar-refractivity contribution is -0.131. The molecule has 17 heavy (non-hydrogen) atoms. The third kappa shape index (κ3) is 4.00. The van der Waals surface area contributed by atoms with Crippen LogP contribution in [0.2, 0.25) is 0 Å². The normalized spacial score (nSPS) is 21.6. The molecule has 5 nitrogen and oxygen atoms in total. The van der Waals surface area contributed by atoms with Gasteiger partial charge in [-0.1, -0.05) is 6.92 Å². The molecular formula is C12H23N3O2. The number of amides is 2. The summed E-state index contributed by atoms with van der Waals surface area (Å²) in [6, 6.07) is -0.386. The number of nitrogens with one attached hydrogen (secondary N) is 3. The fraction of sp³-hybridized carbons (Fsp3) is 0.833. The fourth-order valence-electron chi connectivity index (χ4n) is 1.94. The smallest absolute Gasteiger partial charge is 0.242 e. The minimum atomic E-state index is -0.638. The maximum absolute atomic E-state index is 12.0. The van der Waals surface area contributed by atoms with Gasteiger partial charge in [0.05, 0.1) is 5.54 Å². The van der Waals surface area contributed by atoms with Crippen LogP contribution in [0.15, 0.2) is 0 Å². The average Bonchev–Trinajstić information content (AvgIpc) is 2.44. The van der Waals surface area contributed by atoms with Crippen molar-refractivity contribution in [2.24, 2.45) is 0 Å². The second kappa shape index (κ2) is 6.00. The fourth-order valence-corrected chi connectivity index (χ4v) is 1.94. The summed E-state index contributed by atoms with van der Waals surface area (Å²) in [5, 5.41) is 8.73. The highest BCUT2D eigenvalue weighted by Gasteiger charge is 2.30. The molecule has 1 aliphatic heterocycles. The molecule has 1 fully saturated rings. The Morgan fingerprint density at radius 2 is 2.18 bits per heavy atom. The number of rotatable bonds is 4. The number of carbonyl (C=O) groups is 2. The number of likely N-dealkylation sites (N-methyl/N-ethyl adjacent to an activating group) is 1. The Bertz CT molecular complexity index is 289. The van der Waals surface area contributed by atoms with Gasteiger partial charge in [0.15, 0.2) is 0 Å². The van der Waals surface area contributed by atoms with E-state index in [9.17, 15) is 9.59 Å². The maximum atomic E-state index is 12.0. The van der Waals surface area contributed by atoms with Crippen molar-refractivity contribution >= 4 is 11.8 Å². The van der Waals surface area contributed by atoms with Gasteiger partial charge in [-0.2, -0.15) is 0 Å². The Balaban J connectivity index is 2.57. The van der Waals surface area contributed by atoms with Crippen molar-refractivity contribution in [1.82, 2.24) is 16.0 Å². The van der Waals surface area contributed by atoms with E-state index in [-0.39, 0.29) is 17.9 Å². The number of carbonyl (C=O) groups excluding carboxylic acids is 2. The van der Waals surface area contributed by atoms with E-state index in [1.165, 1.54) is 0 Å². The second-order valence-electron chi connectivity index (χ2n) is 4.97. The molecule has 0 bridgehead atoms. The molecule has 5 heteroatoms. The van der Waals surface area contributed by atoms with Gasteiger partial charge in [0, 0.05) is 6.54 Å². The Hall–Kier alpha value is -1.10. The van der Waals surface area contributed by atoms with E-state index in [1.54, 1.807) is 0 Å². The average molecular weight is 241 g/mol. The molecule has 98 valence electrons. The van der Waals surface area contributed by atoms with Crippen LogP contribution in [-0.4, -0.2) is 36.5 Å². The zero-order valence-electron chi connectivity index (χ0n) is 10.9. The summed E-state index contributed by atoms with van der Waals surface area (Å²) in [7, 11) is 0. The van der Waals surface area contributed by atoms with E-state index in [4.69, 9.17) is 0 Å². The standard InChI is InChI=1S/C12H23N3O2/c1-4-14-12(2,3)11(17)15-9-7-5-6-8-13-10(9)16/h9,14H,4-8H2,1-3H3,(H,13,16)(H,15,17). The quantitative estimate of drug-likeness (QED) is 0.656. The highest BCUT2D eigenvalue weighted by Crippen LogP contribution is 2.08. The van der Waals surface area contributed by atoms with Crippen LogP contribution >= 0.6 is 0 Å². The van der Waals surface area contributed by atoms with Crippen molar-refractivity contribution in [1.29, 1.82) is 0 Å². The molecule has 0 saturated carbocycles. The molecule has 0 aromatic carbocycles. The van der Waals surface area contributed by atoms with Crippen LogP contribution in [-0.2, 0) is 9.59 Å². The zero-order valence-corrected chi connectivity index (χ0v) is 10.9. The molecule has 2 amide bonds. The molecule has 1 heterocycles. The summed E-state index contributed by atoms with van der Waals surface area (Å²) in [5.74, 6) is -0.190. The zero-order chi connectivity index (χ0) is 12.9. The summed E-state index contributed by atoms with van der Waals surface area (Å²) in [6.07, 6.45) is 2.67. The topological polar surface area (TPSA) is 70.2 Å². The van der Waals surface area contributed by atoms with Gasteiger partial charge >= 0.3 is 0 Å². The minimum absolute atomic E-state index is 0.0665. The first kappa shape index (κ1) is 14.0. The first-order chi connectivity index (χ1) is 7.97. The largest absolute Gasteiger partial charge is 0.354 e. The van der Waals surface area contributed by atoms with Crippen molar-refractivity contribution in [3.63, 3.8) is 0 Å². The minimum Gasteiger partial charge on any atom is -0.354 e. The molecule has 1 aliphatic rings. The number of hydrogen-bond donors (Lipinski definition) is 3. The molecule has 0 aromatic heterocycles. The maximum Gasteiger partial charge on any atom is 0.242 e. The molecule has 1 rings (SSSR count). The van der Waals surface area contributed by atoms with Crippen LogP contribution in [0.3, 0.4) is 0 Å². The molecule has 3 N–H and O–H groups in total. The van der Waals surface area contributed by atoms with E-state index in [0.29, 0.717) is 6.54 Å². The predicted molar refractivity (Wildman–Crippen MR) is 66.5 cm³/mol. The molecule has 0 aliphatic carbocycles. The third-order valence-electron chi connectivity index (χ3n) is 3.03. The Morgan fingerprint density at radius 3 is 2.82 bits per heavy atom. The van der Waals surface area contributed by atoms with Crippen molar-refractivity contribution in [2.45, 2.75) is 51.6 Å². The highest BCUT2D eigenvalue weighted by molar-refractivity contribution is 5.91. The monoisotopic (exact) mass is 241 g/mol. The van der Waals surface area contributed by atoms with Crippen molar-refractivity contribution in [3.8, 4) is 0 Å². The van der Waals surface area contributed by atoms with E-state index >= 15 is 0 Å². The van der Waals surface area contributed by atoms with Crippen LogP contribution in [0, 0.1) is 0 Å². The van der Waals surface area contributed by atoms with Crippen LogP contribution < -0.4 is 16.0 Å². The van der Waals surface area contributed by atoms with E-state index in [0.717, 1.165) is 25.8 Å². The van der Waals surface area contributed by atoms with E-state index < -0.39 is 5.54 Å². The Morgan fingerprint density at radius 1 is 1.47 bits per heavy atom. The lowest BCUT2D eigenvalue weighted by atomic mass is 10.0. The third-order valence-corrected chi connectivity index (χ3v) is 3.03. The van der Waals surface area contributed by atoms with Crippen LogP contribution in [0.25, 0.3) is 0 Å². The van der Waals surface area contributed by atoms with Crippen molar-refractivity contribution < 1.29 is 9.59 Å². The molecule has 1 unspecified atom stereocenters. The van der Waals surface area contributed by atoms with Gasteiger partial charge in [0.25, 0.3) is 0 Å². The highest BCUT2D eigenvalue weighted by atomic mass is 16.2. The molecule has 1 atom stereocenters. The molecular weight excluding hydrogens is 218 g/mol. The first-order valence-electron chi connectivity index (χ1n) is 6.31. The summed E-state index contributed by atoms with van der Waals surface area (Å²) in [5.41, 5.74) is -0.638. The first-order valence-corrected chi connectivity index (χ1v) is 6.31. The molecule has 0 radical (unpaired) electrons. The van der Waals surface area contributed by atoms with Gasteiger partial charge in [0.1, 0.15) is 6.04 Å². The molecule has 0 aromatic rings. The Labute approximate surface area is 103 Å². The van der Waals surface area contributed by atoms with Crippen LogP contribution in [0.4, 0.5) is 0 Å². The van der Waals surface area contributed by atoms with Gasteiger partial charge in [-0.15, -0.1) is 0 Å². The van der Waals surface area contributed by atoms with E-state index in [1.807, 2.05) is 20.8 Å². The summed E-state index contributed by atoms with van der Waals surface area (Å²) >= 11 is 0.